The number of nitrogens with zero attached hydrogens (tertiary/aromatic N) is 1. The molecule has 0 aromatic heterocycles. The molecule has 132 valence electrons. The van der Waals surface area contributed by atoms with E-state index in [9.17, 15) is 13.2 Å². The SMILES string of the molecule is COc1ccc(NS(=O)(=O)c2ccc(C(=O)N3CCCC3)cc2)cc1. The Morgan fingerprint density at radius 3 is 2.16 bits per heavy atom. The molecular weight excluding hydrogens is 340 g/mol. The van der Waals surface area contributed by atoms with Crippen LogP contribution in [0.2, 0.25) is 0 Å². The Morgan fingerprint density at radius 2 is 1.60 bits per heavy atom. The van der Waals surface area contributed by atoms with E-state index in [1.165, 1.54) is 12.1 Å². The molecule has 0 aliphatic carbocycles. The second-order valence-corrected chi connectivity index (χ2v) is 7.54. The van der Waals surface area contributed by atoms with Gasteiger partial charge in [-0.15, -0.1) is 0 Å². The van der Waals surface area contributed by atoms with Crippen LogP contribution in [-0.4, -0.2) is 39.4 Å². The van der Waals surface area contributed by atoms with Crippen LogP contribution < -0.4 is 9.46 Å². The molecular formula is C18H20N2O4S. The predicted octanol–water partition coefficient (Wildman–Crippen LogP) is 2.73. The number of hydrogen-bond donors (Lipinski definition) is 1. The van der Waals surface area contributed by atoms with Crippen molar-refractivity contribution in [3.8, 4) is 5.75 Å². The normalized spacial score (nSPS) is 14.4. The molecule has 2 aromatic rings. The largest absolute Gasteiger partial charge is 0.497 e. The highest BCUT2D eigenvalue weighted by molar-refractivity contribution is 7.92. The number of carbonyl (C=O) groups is 1. The van der Waals surface area contributed by atoms with Gasteiger partial charge in [-0.2, -0.15) is 0 Å². The van der Waals surface area contributed by atoms with E-state index in [1.807, 2.05) is 0 Å². The van der Waals surface area contributed by atoms with Crippen molar-refractivity contribution in [2.24, 2.45) is 0 Å². The van der Waals surface area contributed by atoms with Crippen LogP contribution in [0.25, 0.3) is 0 Å². The van der Waals surface area contributed by atoms with E-state index >= 15 is 0 Å². The first-order valence-electron chi connectivity index (χ1n) is 8.06. The molecule has 1 heterocycles. The van der Waals surface area contributed by atoms with Crippen molar-refractivity contribution in [1.82, 2.24) is 4.90 Å². The van der Waals surface area contributed by atoms with Crippen molar-refractivity contribution < 1.29 is 17.9 Å². The number of carbonyl (C=O) groups excluding carboxylic acids is 1. The maximum Gasteiger partial charge on any atom is 0.261 e. The van der Waals surface area contributed by atoms with E-state index in [-0.39, 0.29) is 10.8 Å². The first-order chi connectivity index (χ1) is 12.0. The number of rotatable bonds is 5. The Balaban J connectivity index is 1.74. The molecule has 6 nitrogen and oxygen atoms in total. The summed E-state index contributed by atoms with van der Waals surface area (Å²) in [6, 6.07) is 12.6. The Labute approximate surface area is 147 Å². The topological polar surface area (TPSA) is 75.7 Å². The fourth-order valence-corrected chi connectivity index (χ4v) is 3.81. The highest BCUT2D eigenvalue weighted by atomic mass is 32.2. The van der Waals surface area contributed by atoms with Gasteiger partial charge in [0.2, 0.25) is 0 Å². The van der Waals surface area contributed by atoms with Crippen LogP contribution in [0.5, 0.6) is 5.75 Å². The van der Waals surface area contributed by atoms with Gasteiger partial charge in [0.05, 0.1) is 12.0 Å². The van der Waals surface area contributed by atoms with E-state index in [0.717, 1.165) is 25.9 Å². The average Bonchev–Trinajstić information content (AvgIpc) is 3.16. The molecule has 0 atom stereocenters. The lowest BCUT2D eigenvalue weighted by atomic mass is 10.2. The van der Waals surface area contributed by atoms with Gasteiger partial charge in [-0.1, -0.05) is 0 Å². The molecule has 2 aromatic carbocycles. The standard InChI is InChI=1S/C18H20N2O4S/c1-24-16-8-6-15(7-9-16)19-25(22,23)17-10-4-14(5-11-17)18(21)20-12-2-3-13-20/h4-11,19H,2-3,12-13H2,1H3. The van der Waals surface area contributed by atoms with Gasteiger partial charge in [-0.05, 0) is 61.4 Å². The van der Waals surface area contributed by atoms with Gasteiger partial charge in [-0.3, -0.25) is 9.52 Å². The zero-order valence-electron chi connectivity index (χ0n) is 13.9. The molecule has 7 heteroatoms. The van der Waals surface area contributed by atoms with Crippen LogP contribution in [0, 0.1) is 0 Å². The molecule has 1 N–H and O–H groups in total. The number of hydrogen-bond acceptors (Lipinski definition) is 4. The van der Waals surface area contributed by atoms with Crippen molar-refractivity contribution in [3.63, 3.8) is 0 Å². The third-order valence-corrected chi connectivity index (χ3v) is 5.54. The minimum Gasteiger partial charge on any atom is -0.497 e. The molecule has 0 bridgehead atoms. The molecule has 0 radical (unpaired) electrons. The van der Waals surface area contributed by atoms with Crippen LogP contribution in [0.15, 0.2) is 53.4 Å². The van der Waals surface area contributed by atoms with Crippen LogP contribution in [0.3, 0.4) is 0 Å². The zero-order chi connectivity index (χ0) is 17.9. The van der Waals surface area contributed by atoms with Gasteiger partial charge < -0.3 is 9.64 Å². The molecule has 0 unspecified atom stereocenters. The molecule has 1 saturated heterocycles. The number of anilines is 1. The number of sulfonamides is 1. The van der Waals surface area contributed by atoms with E-state index in [2.05, 4.69) is 4.72 Å². The Hall–Kier alpha value is -2.54. The van der Waals surface area contributed by atoms with E-state index in [1.54, 1.807) is 48.4 Å². The summed E-state index contributed by atoms with van der Waals surface area (Å²) in [4.78, 5) is 14.2. The Bertz CT molecular complexity index is 840. The number of ether oxygens (including phenoxy) is 1. The summed E-state index contributed by atoms with van der Waals surface area (Å²) in [5.74, 6) is 0.595. The fraction of sp³-hybridized carbons (Fsp3) is 0.278. The number of benzene rings is 2. The lowest BCUT2D eigenvalue weighted by Gasteiger charge is -2.15. The van der Waals surface area contributed by atoms with Crippen molar-refractivity contribution in [1.29, 1.82) is 0 Å². The van der Waals surface area contributed by atoms with Gasteiger partial charge in [0.15, 0.2) is 0 Å². The third kappa shape index (κ3) is 3.93. The number of nitrogens with one attached hydrogen (secondary N) is 1. The summed E-state index contributed by atoms with van der Waals surface area (Å²) in [5, 5.41) is 0. The maximum absolute atomic E-state index is 12.5. The quantitative estimate of drug-likeness (QED) is 0.890. The summed E-state index contributed by atoms with van der Waals surface area (Å²) in [5.41, 5.74) is 0.948. The summed E-state index contributed by atoms with van der Waals surface area (Å²) in [7, 11) is -2.16. The summed E-state index contributed by atoms with van der Waals surface area (Å²) in [6.45, 7) is 1.52. The molecule has 0 saturated carbocycles. The number of likely N-dealkylation sites (tertiary alicyclic amines) is 1. The Morgan fingerprint density at radius 1 is 1.00 bits per heavy atom. The molecule has 1 fully saturated rings. The van der Waals surface area contributed by atoms with Gasteiger partial charge in [0, 0.05) is 24.3 Å². The second-order valence-electron chi connectivity index (χ2n) is 5.86. The molecule has 1 aliphatic rings. The molecule has 1 aliphatic heterocycles. The van der Waals surface area contributed by atoms with Crippen LogP contribution in [-0.2, 0) is 10.0 Å². The van der Waals surface area contributed by atoms with Gasteiger partial charge >= 0.3 is 0 Å². The maximum atomic E-state index is 12.5. The minimum atomic E-state index is -3.71. The van der Waals surface area contributed by atoms with Gasteiger partial charge in [-0.25, -0.2) is 8.42 Å². The first-order valence-corrected chi connectivity index (χ1v) is 9.54. The van der Waals surface area contributed by atoms with E-state index < -0.39 is 10.0 Å². The lowest BCUT2D eigenvalue weighted by Crippen LogP contribution is -2.27. The van der Waals surface area contributed by atoms with Gasteiger partial charge in [0.25, 0.3) is 15.9 Å². The van der Waals surface area contributed by atoms with Crippen molar-refractivity contribution >= 4 is 21.6 Å². The highest BCUT2D eigenvalue weighted by Crippen LogP contribution is 2.20. The van der Waals surface area contributed by atoms with Gasteiger partial charge in [0.1, 0.15) is 5.75 Å². The zero-order valence-corrected chi connectivity index (χ0v) is 14.8. The van der Waals surface area contributed by atoms with Crippen molar-refractivity contribution in [3.05, 3.63) is 54.1 Å². The predicted molar refractivity (Wildman–Crippen MR) is 95.4 cm³/mol. The smallest absolute Gasteiger partial charge is 0.261 e. The molecule has 0 spiro atoms. The van der Waals surface area contributed by atoms with E-state index in [4.69, 9.17) is 4.74 Å². The minimum absolute atomic E-state index is 0.0513. The van der Waals surface area contributed by atoms with E-state index in [0.29, 0.717) is 17.0 Å². The number of amides is 1. The Kier molecular flexibility index (Phi) is 4.94. The molecule has 1 amide bonds. The molecule has 3 rings (SSSR count). The number of methoxy groups -OCH3 is 1. The highest BCUT2D eigenvalue weighted by Gasteiger charge is 2.20. The second kappa shape index (κ2) is 7.14. The third-order valence-electron chi connectivity index (χ3n) is 4.15. The summed E-state index contributed by atoms with van der Waals surface area (Å²) >= 11 is 0. The summed E-state index contributed by atoms with van der Waals surface area (Å²) < 4.78 is 32.5. The molecule has 25 heavy (non-hydrogen) atoms. The lowest BCUT2D eigenvalue weighted by molar-refractivity contribution is 0.0792. The summed E-state index contributed by atoms with van der Waals surface area (Å²) in [6.07, 6.45) is 2.04. The van der Waals surface area contributed by atoms with Crippen LogP contribution in [0.1, 0.15) is 23.2 Å². The monoisotopic (exact) mass is 360 g/mol. The van der Waals surface area contributed by atoms with Crippen LogP contribution in [0.4, 0.5) is 5.69 Å². The van der Waals surface area contributed by atoms with Crippen LogP contribution >= 0.6 is 0 Å². The first kappa shape index (κ1) is 17.3. The van der Waals surface area contributed by atoms with Crippen molar-refractivity contribution in [2.75, 3.05) is 24.9 Å². The van der Waals surface area contributed by atoms with Crippen molar-refractivity contribution in [2.45, 2.75) is 17.7 Å². The fourth-order valence-electron chi connectivity index (χ4n) is 2.75. The average molecular weight is 360 g/mol.